The topological polar surface area (TPSA) is 68.7 Å². The zero-order valence-corrected chi connectivity index (χ0v) is 18.9. The van der Waals surface area contributed by atoms with Crippen LogP contribution in [0.15, 0.2) is 79.0 Å². The van der Waals surface area contributed by atoms with E-state index in [1.807, 2.05) is 56.3 Å². The fourth-order valence-electron chi connectivity index (χ4n) is 3.17. The number of pyridine rings is 1. The molecule has 33 heavy (non-hydrogen) atoms. The number of ketones is 1. The molecule has 0 unspecified atom stereocenters. The van der Waals surface area contributed by atoms with Crippen molar-refractivity contribution in [2.45, 2.75) is 20.5 Å². The Kier molecular flexibility index (Phi) is 8.77. The molecule has 2 aromatic carbocycles. The summed E-state index contributed by atoms with van der Waals surface area (Å²) < 4.78 is 11.4. The van der Waals surface area contributed by atoms with Crippen LogP contribution < -0.4 is 9.47 Å². The highest BCUT2D eigenvalue weighted by atomic mass is 16.5. The van der Waals surface area contributed by atoms with Gasteiger partial charge in [-0.1, -0.05) is 24.3 Å². The summed E-state index contributed by atoms with van der Waals surface area (Å²) in [6.07, 6.45) is 4.98. The normalized spacial score (nSPS) is 10.7. The molecule has 0 fully saturated rings. The summed E-state index contributed by atoms with van der Waals surface area (Å²) in [6.45, 7) is 5.48. The van der Waals surface area contributed by atoms with E-state index in [0.717, 1.165) is 11.3 Å². The van der Waals surface area contributed by atoms with E-state index in [2.05, 4.69) is 4.98 Å². The Morgan fingerprint density at radius 1 is 0.909 bits per heavy atom. The van der Waals surface area contributed by atoms with Gasteiger partial charge in [-0.25, -0.2) is 0 Å². The van der Waals surface area contributed by atoms with Gasteiger partial charge in [0.05, 0.1) is 5.69 Å². The zero-order valence-electron chi connectivity index (χ0n) is 18.9. The molecular weight excluding hydrogens is 416 g/mol. The number of carbonyl (C=O) groups is 2. The van der Waals surface area contributed by atoms with E-state index in [1.165, 1.54) is 6.08 Å². The van der Waals surface area contributed by atoms with Gasteiger partial charge in [0.15, 0.2) is 12.4 Å². The van der Waals surface area contributed by atoms with Crippen LogP contribution >= 0.6 is 0 Å². The molecule has 0 spiro atoms. The summed E-state index contributed by atoms with van der Waals surface area (Å²) in [5, 5.41) is 0. The Labute approximate surface area is 194 Å². The third-order valence-electron chi connectivity index (χ3n) is 5.05. The van der Waals surface area contributed by atoms with Gasteiger partial charge in [0.2, 0.25) is 0 Å². The van der Waals surface area contributed by atoms with Crippen LogP contribution in [0.3, 0.4) is 0 Å². The number of hydrogen-bond donors (Lipinski definition) is 0. The zero-order chi connectivity index (χ0) is 23.5. The van der Waals surface area contributed by atoms with Crippen molar-refractivity contribution >= 4 is 17.8 Å². The van der Waals surface area contributed by atoms with Gasteiger partial charge in [-0.3, -0.25) is 14.6 Å². The third kappa shape index (κ3) is 7.04. The molecule has 1 heterocycles. The lowest BCUT2D eigenvalue weighted by molar-refractivity contribution is -0.132. The number of ether oxygens (including phenoxy) is 2. The van der Waals surface area contributed by atoms with E-state index in [0.29, 0.717) is 36.8 Å². The minimum atomic E-state index is -0.139. The second-order valence-electron chi connectivity index (χ2n) is 7.22. The summed E-state index contributed by atoms with van der Waals surface area (Å²) >= 11 is 0. The second kappa shape index (κ2) is 12.2. The average Bonchev–Trinajstić information content (AvgIpc) is 2.87. The molecule has 0 aliphatic carbocycles. The maximum Gasteiger partial charge on any atom is 0.260 e. The van der Waals surface area contributed by atoms with Crippen LogP contribution in [0, 0.1) is 0 Å². The van der Waals surface area contributed by atoms with E-state index >= 15 is 0 Å². The molecule has 1 aromatic heterocycles. The molecule has 0 bridgehead atoms. The molecule has 6 nitrogen and oxygen atoms in total. The molecule has 0 aliphatic rings. The highest BCUT2D eigenvalue weighted by molar-refractivity contribution is 6.07. The lowest BCUT2D eigenvalue weighted by Crippen LogP contribution is -2.34. The van der Waals surface area contributed by atoms with Gasteiger partial charge in [-0.2, -0.15) is 0 Å². The summed E-state index contributed by atoms with van der Waals surface area (Å²) in [5.41, 5.74) is 2.16. The SMILES string of the molecule is CCN(CC)C(=O)COc1ccc(C(=O)/C=C/c2ccccc2OCc2ccccn2)cc1. The lowest BCUT2D eigenvalue weighted by atomic mass is 10.1. The predicted octanol–water partition coefficient (Wildman–Crippen LogP) is 4.80. The van der Waals surface area contributed by atoms with Crippen LogP contribution in [0.4, 0.5) is 0 Å². The van der Waals surface area contributed by atoms with Crippen LogP contribution in [0.1, 0.15) is 35.5 Å². The van der Waals surface area contributed by atoms with Crippen molar-refractivity contribution in [3.05, 3.63) is 95.8 Å². The van der Waals surface area contributed by atoms with Crippen LogP contribution in [-0.2, 0) is 11.4 Å². The van der Waals surface area contributed by atoms with Crippen molar-refractivity contribution in [2.24, 2.45) is 0 Å². The van der Waals surface area contributed by atoms with E-state index in [-0.39, 0.29) is 18.3 Å². The number of hydrogen-bond acceptors (Lipinski definition) is 5. The molecule has 6 heteroatoms. The maximum atomic E-state index is 12.6. The number of likely N-dealkylation sites (N-methyl/N-ethyl adjacent to an activating group) is 1. The summed E-state index contributed by atoms with van der Waals surface area (Å²) in [7, 11) is 0. The molecule has 0 saturated heterocycles. The van der Waals surface area contributed by atoms with E-state index < -0.39 is 0 Å². The molecular formula is C27H28N2O4. The summed E-state index contributed by atoms with van der Waals surface area (Å²) in [5.74, 6) is 1.02. The van der Waals surface area contributed by atoms with Gasteiger partial charge >= 0.3 is 0 Å². The fraction of sp³-hybridized carbons (Fsp3) is 0.222. The number of aromatic nitrogens is 1. The van der Waals surface area contributed by atoms with Crippen molar-refractivity contribution < 1.29 is 19.1 Å². The van der Waals surface area contributed by atoms with Crippen molar-refractivity contribution in [3.63, 3.8) is 0 Å². The number of amides is 1. The van der Waals surface area contributed by atoms with E-state index in [9.17, 15) is 9.59 Å². The molecule has 170 valence electrons. The van der Waals surface area contributed by atoms with Crippen LogP contribution in [-0.4, -0.2) is 41.3 Å². The van der Waals surface area contributed by atoms with Gasteiger partial charge in [0.25, 0.3) is 5.91 Å². The van der Waals surface area contributed by atoms with Crippen molar-refractivity contribution in [1.29, 1.82) is 0 Å². The standard InChI is InChI=1S/C27H28N2O4/c1-3-29(4-2)27(31)20-32-24-15-12-21(13-16-24)25(30)17-14-22-9-5-6-11-26(22)33-19-23-10-7-8-18-28-23/h5-18H,3-4,19-20H2,1-2H3/b17-14+. The molecule has 3 rings (SSSR count). The van der Waals surface area contributed by atoms with Crippen molar-refractivity contribution in [1.82, 2.24) is 9.88 Å². The summed E-state index contributed by atoms with van der Waals surface area (Å²) in [6, 6.07) is 20.0. The predicted molar refractivity (Wildman–Crippen MR) is 128 cm³/mol. The Morgan fingerprint density at radius 3 is 2.33 bits per heavy atom. The average molecular weight is 445 g/mol. The highest BCUT2D eigenvalue weighted by Gasteiger charge is 2.10. The molecule has 0 saturated carbocycles. The second-order valence-corrected chi connectivity index (χ2v) is 7.22. The minimum Gasteiger partial charge on any atom is -0.487 e. The number of allylic oxidation sites excluding steroid dienone is 1. The Balaban J connectivity index is 1.59. The first-order chi connectivity index (χ1) is 16.1. The number of benzene rings is 2. The molecule has 1 amide bonds. The number of carbonyl (C=O) groups excluding carboxylic acids is 2. The Bertz CT molecular complexity index is 1070. The first kappa shape index (κ1) is 23.7. The number of para-hydroxylation sites is 1. The van der Waals surface area contributed by atoms with Gasteiger partial charge in [0.1, 0.15) is 18.1 Å². The Hall–Kier alpha value is -3.93. The first-order valence-electron chi connectivity index (χ1n) is 11.0. The van der Waals surface area contributed by atoms with Crippen molar-refractivity contribution in [3.8, 4) is 11.5 Å². The van der Waals surface area contributed by atoms with Crippen LogP contribution in [0.25, 0.3) is 6.08 Å². The number of nitrogens with zero attached hydrogens (tertiary/aromatic N) is 2. The third-order valence-corrected chi connectivity index (χ3v) is 5.05. The number of rotatable bonds is 11. The fourth-order valence-corrected chi connectivity index (χ4v) is 3.17. The summed E-state index contributed by atoms with van der Waals surface area (Å²) in [4.78, 5) is 30.6. The Morgan fingerprint density at radius 2 is 1.64 bits per heavy atom. The van der Waals surface area contributed by atoms with Crippen LogP contribution in [0.2, 0.25) is 0 Å². The van der Waals surface area contributed by atoms with Gasteiger partial charge in [-0.05, 0) is 68.5 Å². The van der Waals surface area contributed by atoms with Gasteiger partial charge in [-0.15, -0.1) is 0 Å². The molecule has 0 atom stereocenters. The largest absolute Gasteiger partial charge is 0.487 e. The lowest BCUT2D eigenvalue weighted by Gasteiger charge is -2.18. The van der Waals surface area contributed by atoms with E-state index in [4.69, 9.17) is 9.47 Å². The minimum absolute atomic E-state index is 0.0236. The van der Waals surface area contributed by atoms with E-state index in [1.54, 1.807) is 41.4 Å². The highest BCUT2D eigenvalue weighted by Crippen LogP contribution is 2.21. The quantitative estimate of drug-likeness (QED) is 0.314. The van der Waals surface area contributed by atoms with Gasteiger partial charge in [0, 0.05) is 30.4 Å². The molecule has 0 aliphatic heterocycles. The first-order valence-corrected chi connectivity index (χ1v) is 11.0. The molecule has 0 radical (unpaired) electrons. The van der Waals surface area contributed by atoms with Crippen molar-refractivity contribution in [2.75, 3.05) is 19.7 Å². The molecule has 3 aromatic rings. The maximum absolute atomic E-state index is 12.6. The van der Waals surface area contributed by atoms with Gasteiger partial charge < -0.3 is 14.4 Å². The monoisotopic (exact) mass is 444 g/mol. The smallest absolute Gasteiger partial charge is 0.260 e. The van der Waals surface area contributed by atoms with Crippen LogP contribution in [0.5, 0.6) is 11.5 Å². The molecule has 0 N–H and O–H groups in total.